The smallest absolute Gasteiger partial charge is 0.312 e. The molecule has 1 atom stereocenters. The average molecular weight is 323 g/mol. The number of nitro groups is 1. The van der Waals surface area contributed by atoms with Crippen LogP contribution >= 0.6 is 0 Å². The summed E-state index contributed by atoms with van der Waals surface area (Å²) in [6.07, 6.45) is 2.73. The molecule has 1 aliphatic heterocycles. The number of likely N-dealkylation sites (tertiary alicyclic amines) is 1. The van der Waals surface area contributed by atoms with Gasteiger partial charge in [0.05, 0.1) is 11.5 Å². The summed E-state index contributed by atoms with van der Waals surface area (Å²) in [5, 5.41) is 18.0. The van der Waals surface area contributed by atoms with Crippen LogP contribution in [-0.4, -0.2) is 51.2 Å². The SMILES string of the molecule is Cc1nn(CCC(=O)NCCN2CCCC2C)c(C)c1[N+](=O)[O-]. The zero-order valence-corrected chi connectivity index (χ0v) is 14.0. The van der Waals surface area contributed by atoms with E-state index in [2.05, 4.69) is 22.2 Å². The second kappa shape index (κ2) is 7.54. The van der Waals surface area contributed by atoms with Crippen molar-refractivity contribution in [2.45, 2.75) is 52.6 Å². The monoisotopic (exact) mass is 323 g/mol. The van der Waals surface area contributed by atoms with Gasteiger partial charge in [-0.3, -0.25) is 24.5 Å². The van der Waals surface area contributed by atoms with Crippen LogP contribution in [0.5, 0.6) is 0 Å². The Bertz CT molecular complexity index is 584. The Kier molecular flexibility index (Phi) is 5.70. The van der Waals surface area contributed by atoms with Crippen molar-refractivity contribution >= 4 is 11.6 Å². The molecule has 8 heteroatoms. The van der Waals surface area contributed by atoms with Gasteiger partial charge < -0.3 is 5.32 Å². The molecule has 0 aromatic carbocycles. The number of hydrogen-bond donors (Lipinski definition) is 1. The Labute approximate surface area is 136 Å². The van der Waals surface area contributed by atoms with E-state index in [0.717, 1.165) is 13.1 Å². The highest BCUT2D eigenvalue weighted by Gasteiger charge is 2.22. The van der Waals surface area contributed by atoms with Gasteiger partial charge in [0, 0.05) is 25.6 Å². The maximum atomic E-state index is 11.9. The van der Waals surface area contributed by atoms with Crippen molar-refractivity contribution in [2.24, 2.45) is 0 Å². The Morgan fingerprint density at radius 1 is 1.43 bits per heavy atom. The fourth-order valence-corrected chi connectivity index (χ4v) is 3.13. The van der Waals surface area contributed by atoms with Crippen LogP contribution in [-0.2, 0) is 11.3 Å². The maximum absolute atomic E-state index is 11.9. The number of carbonyl (C=O) groups excluding carboxylic acids is 1. The fourth-order valence-electron chi connectivity index (χ4n) is 3.13. The van der Waals surface area contributed by atoms with Gasteiger partial charge in [-0.1, -0.05) is 0 Å². The molecule has 1 fully saturated rings. The number of rotatable bonds is 7. The van der Waals surface area contributed by atoms with Crippen molar-refractivity contribution in [3.8, 4) is 0 Å². The molecule has 128 valence electrons. The molecule has 0 bridgehead atoms. The number of carbonyl (C=O) groups is 1. The predicted molar refractivity (Wildman–Crippen MR) is 86.3 cm³/mol. The first-order valence-corrected chi connectivity index (χ1v) is 8.09. The minimum atomic E-state index is -0.425. The first-order chi connectivity index (χ1) is 10.9. The van der Waals surface area contributed by atoms with Crippen molar-refractivity contribution in [1.82, 2.24) is 20.0 Å². The van der Waals surface area contributed by atoms with E-state index in [-0.39, 0.29) is 18.0 Å². The summed E-state index contributed by atoms with van der Waals surface area (Å²) in [5.74, 6) is -0.0490. The van der Waals surface area contributed by atoms with Gasteiger partial charge in [0.1, 0.15) is 11.4 Å². The van der Waals surface area contributed by atoms with Gasteiger partial charge in [0.15, 0.2) is 0 Å². The molecule has 0 aliphatic carbocycles. The number of nitrogens with zero attached hydrogens (tertiary/aromatic N) is 4. The Morgan fingerprint density at radius 2 is 2.17 bits per heavy atom. The molecule has 0 spiro atoms. The summed E-state index contributed by atoms with van der Waals surface area (Å²) in [7, 11) is 0. The molecule has 1 unspecified atom stereocenters. The normalized spacial score (nSPS) is 18.3. The third-order valence-corrected chi connectivity index (χ3v) is 4.49. The van der Waals surface area contributed by atoms with Crippen molar-refractivity contribution in [3.63, 3.8) is 0 Å². The molecule has 1 amide bonds. The molecule has 1 aromatic heterocycles. The number of aryl methyl sites for hydroxylation is 2. The topological polar surface area (TPSA) is 93.3 Å². The second-order valence-electron chi connectivity index (χ2n) is 6.13. The van der Waals surface area contributed by atoms with E-state index in [0.29, 0.717) is 30.5 Å². The summed E-state index contributed by atoms with van der Waals surface area (Å²) in [6, 6.07) is 0.599. The first-order valence-electron chi connectivity index (χ1n) is 8.09. The summed E-state index contributed by atoms with van der Waals surface area (Å²) in [6.45, 7) is 8.45. The lowest BCUT2D eigenvalue weighted by atomic mass is 10.2. The Morgan fingerprint density at radius 3 is 2.74 bits per heavy atom. The van der Waals surface area contributed by atoms with Crippen molar-refractivity contribution in [1.29, 1.82) is 0 Å². The lowest BCUT2D eigenvalue weighted by Gasteiger charge is -2.20. The molecule has 1 aliphatic rings. The number of aromatic nitrogens is 2. The quantitative estimate of drug-likeness (QED) is 0.605. The minimum Gasteiger partial charge on any atom is -0.355 e. The second-order valence-corrected chi connectivity index (χ2v) is 6.13. The molecule has 0 saturated carbocycles. The van der Waals surface area contributed by atoms with E-state index >= 15 is 0 Å². The minimum absolute atomic E-state index is 0.0356. The van der Waals surface area contributed by atoms with Crippen LogP contribution in [0.4, 0.5) is 5.69 Å². The van der Waals surface area contributed by atoms with Gasteiger partial charge in [-0.2, -0.15) is 5.10 Å². The summed E-state index contributed by atoms with van der Waals surface area (Å²) in [4.78, 5) is 24.8. The Hall–Kier alpha value is -1.96. The third-order valence-electron chi connectivity index (χ3n) is 4.49. The van der Waals surface area contributed by atoms with E-state index in [1.807, 2.05) is 0 Å². The van der Waals surface area contributed by atoms with Crippen LogP contribution in [0.1, 0.15) is 37.6 Å². The molecular formula is C15H25N5O3. The summed E-state index contributed by atoms with van der Waals surface area (Å²) >= 11 is 0. The third kappa shape index (κ3) is 4.28. The molecule has 1 aromatic rings. The van der Waals surface area contributed by atoms with Gasteiger partial charge >= 0.3 is 5.69 Å². The van der Waals surface area contributed by atoms with Gasteiger partial charge in [-0.25, -0.2) is 0 Å². The highest BCUT2D eigenvalue weighted by atomic mass is 16.6. The van der Waals surface area contributed by atoms with E-state index in [9.17, 15) is 14.9 Å². The standard InChI is InChI=1S/C15H25N5O3/c1-11-5-4-8-18(11)10-7-16-14(21)6-9-19-13(3)15(20(22)23)12(2)17-19/h11H,4-10H2,1-3H3,(H,16,21). The molecule has 2 heterocycles. The van der Waals surface area contributed by atoms with Crippen LogP contribution in [0.3, 0.4) is 0 Å². The van der Waals surface area contributed by atoms with E-state index in [1.165, 1.54) is 17.5 Å². The lowest BCUT2D eigenvalue weighted by Crippen LogP contribution is -2.36. The molecule has 2 rings (SSSR count). The van der Waals surface area contributed by atoms with Crippen LogP contribution in [0.25, 0.3) is 0 Å². The van der Waals surface area contributed by atoms with Crippen LogP contribution in [0, 0.1) is 24.0 Å². The Balaban J connectivity index is 1.76. The molecule has 1 N–H and O–H groups in total. The van der Waals surface area contributed by atoms with Gasteiger partial charge in [0.25, 0.3) is 0 Å². The van der Waals surface area contributed by atoms with Crippen molar-refractivity contribution in [3.05, 3.63) is 21.5 Å². The zero-order valence-electron chi connectivity index (χ0n) is 14.0. The van der Waals surface area contributed by atoms with E-state index in [1.54, 1.807) is 13.8 Å². The summed E-state index contributed by atoms with van der Waals surface area (Å²) in [5.41, 5.74) is 0.913. The number of hydrogen-bond acceptors (Lipinski definition) is 5. The van der Waals surface area contributed by atoms with Crippen LogP contribution < -0.4 is 5.32 Å². The van der Waals surface area contributed by atoms with Crippen LogP contribution in [0.15, 0.2) is 0 Å². The number of nitrogens with one attached hydrogen (secondary N) is 1. The van der Waals surface area contributed by atoms with Crippen molar-refractivity contribution < 1.29 is 9.72 Å². The van der Waals surface area contributed by atoms with Crippen LogP contribution in [0.2, 0.25) is 0 Å². The maximum Gasteiger partial charge on any atom is 0.312 e. The average Bonchev–Trinajstić information content (AvgIpc) is 3.00. The zero-order chi connectivity index (χ0) is 17.0. The van der Waals surface area contributed by atoms with Gasteiger partial charge in [0.2, 0.25) is 5.91 Å². The lowest BCUT2D eigenvalue weighted by molar-refractivity contribution is -0.386. The summed E-state index contributed by atoms with van der Waals surface area (Å²) < 4.78 is 1.54. The molecule has 1 saturated heterocycles. The van der Waals surface area contributed by atoms with E-state index < -0.39 is 4.92 Å². The first kappa shape index (κ1) is 17.4. The fraction of sp³-hybridized carbons (Fsp3) is 0.733. The molecule has 23 heavy (non-hydrogen) atoms. The number of amides is 1. The molecule has 0 radical (unpaired) electrons. The van der Waals surface area contributed by atoms with Crippen molar-refractivity contribution in [2.75, 3.05) is 19.6 Å². The largest absolute Gasteiger partial charge is 0.355 e. The van der Waals surface area contributed by atoms with Gasteiger partial charge in [-0.05, 0) is 40.2 Å². The highest BCUT2D eigenvalue weighted by Crippen LogP contribution is 2.21. The molecular weight excluding hydrogens is 298 g/mol. The van der Waals surface area contributed by atoms with Gasteiger partial charge in [-0.15, -0.1) is 0 Å². The highest BCUT2D eigenvalue weighted by molar-refractivity contribution is 5.75. The predicted octanol–water partition coefficient (Wildman–Crippen LogP) is 1.40. The van der Waals surface area contributed by atoms with E-state index in [4.69, 9.17) is 0 Å². The molecule has 8 nitrogen and oxygen atoms in total.